The molecule has 3 rings (SSSR count). The van der Waals surface area contributed by atoms with Crippen molar-refractivity contribution in [2.24, 2.45) is 0 Å². The van der Waals surface area contributed by atoms with E-state index in [1.54, 1.807) is 30.5 Å². The summed E-state index contributed by atoms with van der Waals surface area (Å²) < 4.78 is 0. The van der Waals surface area contributed by atoms with E-state index in [-0.39, 0.29) is 5.91 Å². The van der Waals surface area contributed by atoms with E-state index in [0.29, 0.717) is 21.6 Å². The van der Waals surface area contributed by atoms with Gasteiger partial charge in [-0.3, -0.25) is 9.89 Å². The van der Waals surface area contributed by atoms with Crippen molar-refractivity contribution < 1.29 is 4.79 Å². The molecular formula is C17H13BrClN3O. The van der Waals surface area contributed by atoms with Gasteiger partial charge in [0.25, 0.3) is 5.91 Å². The van der Waals surface area contributed by atoms with Crippen molar-refractivity contribution in [3.05, 3.63) is 70.9 Å². The zero-order valence-electron chi connectivity index (χ0n) is 12.0. The third-order valence-electron chi connectivity index (χ3n) is 3.39. The Morgan fingerprint density at radius 3 is 2.83 bits per heavy atom. The highest BCUT2D eigenvalue weighted by Gasteiger charge is 2.11. The molecule has 0 spiro atoms. The van der Waals surface area contributed by atoms with Crippen molar-refractivity contribution in [3.8, 4) is 11.3 Å². The third kappa shape index (κ3) is 3.46. The number of aromatic amines is 1. The number of carbonyl (C=O) groups excluding carboxylic acids is 1. The molecule has 0 fully saturated rings. The van der Waals surface area contributed by atoms with Crippen LogP contribution in [0.4, 0.5) is 5.69 Å². The summed E-state index contributed by atoms with van der Waals surface area (Å²) in [5, 5.41) is 11.0. The van der Waals surface area contributed by atoms with Crippen LogP contribution in [0.25, 0.3) is 11.3 Å². The highest BCUT2D eigenvalue weighted by atomic mass is 79.9. The monoisotopic (exact) mass is 389 g/mol. The van der Waals surface area contributed by atoms with Crippen molar-refractivity contribution in [1.29, 1.82) is 0 Å². The van der Waals surface area contributed by atoms with Crippen LogP contribution >= 0.6 is 27.5 Å². The number of hydrogen-bond acceptors (Lipinski definition) is 2. The zero-order valence-corrected chi connectivity index (χ0v) is 14.4. The molecule has 4 nitrogen and oxygen atoms in total. The normalized spacial score (nSPS) is 10.5. The summed E-state index contributed by atoms with van der Waals surface area (Å²) in [6.45, 7) is 0. The molecule has 3 aromatic rings. The van der Waals surface area contributed by atoms with E-state index in [4.69, 9.17) is 11.6 Å². The lowest BCUT2D eigenvalue weighted by atomic mass is 10.1. The van der Waals surface area contributed by atoms with Gasteiger partial charge in [-0.2, -0.15) is 5.10 Å². The second kappa shape index (κ2) is 6.98. The van der Waals surface area contributed by atoms with Gasteiger partial charge < -0.3 is 5.32 Å². The first-order chi connectivity index (χ1) is 11.2. The maximum Gasteiger partial charge on any atom is 0.257 e. The molecular weight excluding hydrogens is 378 g/mol. The van der Waals surface area contributed by atoms with E-state index in [2.05, 4.69) is 31.4 Å². The van der Waals surface area contributed by atoms with Crippen LogP contribution in [-0.4, -0.2) is 16.1 Å². The first kappa shape index (κ1) is 15.8. The fourth-order valence-corrected chi connectivity index (χ4v) is 2.91. The van der Waals surface area contributed by atoms with Gasteiger partial charge in [-0.15, -0.1) is 0 Å². The van der Waals surface area contributed by atoms with Crippen LogP contribution in [0.1, 0.15) is 15.9 Å². The molecule has 0 aliphatic rings. The quantitative estimate of drug-likeness (QED) is 0.624. The van der Waals surface area contributed by atoms with Crippen molar-refractivity contribution in [3.63, 3.8) is 0 Å². The van der Waals surface area contributed by atoms with Crippen LogP contribution in [0.5, 0.6) is 0 Å². The van der Waals surface area contributed by atoms with Gasteiger partial charge in [0.15, 0.2) is 0 Å². The lowest BCUT2D eigenvalue weighted by molar-refractivity contribution is 0.102. The van der Waals surface area contributed by atoms with Crippen molar-refractivity contribution >= 4 is 39.1 Å². The zero-order chi connectivity index (χ0) is 16.2. The average molecular weight is 391 g/mol. The minimum Gasteiger partial charge on any atom is -0.322 e. The maximum absolute atomic E-state index is 12.3. The molecule has 2 aromatic carbocycles. The summed E-state index contributed by atoms with van der Waals surface area (Å²) in [7, 11) is 0. The highest BCUT2D eigenvalue weighted by molar-refractivity contribution is 9.08. The Hall–Kier alpha value is -2.11. The van der Waals surface area contributed by atoms with E-state index in [0.717, 1.165) is 16.8 Å². The average Bonchev–Trinajstić information content (AvgIpc) is 3.04. The Labute approximate surface area is 147 Å². The molecule has 0 saturated carbocycles. The minimum atomic E-state index is -0.238. The third-order valence-corrected chi connectivity index (χ3v) is 4.32. The van der Waals surface area contributed by atoms with Gasteiger partial charge in [0, 0.05) is 22.1 Å². The molecule has 0 aliphatic carbocycles. The predicted molar refractivity (Wildman–Crippen MR) is 96.1 cm³/mol. The topological polar surface area (TPSA) is 57.8 Å². The van der Waals surface area contributed by atoms with Gasteiger partial charge >= 0.3 is 0 Å². The van der Waals surface area contributed by atoms with E-state index in [1.165, 1.54) is 0 Å². The largest absolute Gasteiger partial charge is 0.322 e. The fraction of sp³-hybridized carbons (Fsp3) is 0.0588. The van der Waals surface area contributed by atoms with Crippen LogP contribution in [-0.2, 0) is 5.33 Å². The number of hydrogen-bond donors (Lipinski definition) is 2. The van der Waals surface area contributed by atoms with Gasteiger partial charge in [0.1, 0.15) is 0 Å². The van der Waals surface area contributed by atoms with E-state index in [9.17, 15) is 4.79 Å². The number of aromatic nitrogens is 2. The van der Waals surface area contributed by atoms with Crippen LogP contribution in [0, 0.1) is 0 Å². The van der Waals surface area contributed by atoms with Crippen molar-refractivity contribution in [2.75, 3.05) is 5.32 Å². The minimum absolute atomic E-state index is 0.238. The lowest BCUT2D eigenvalue weighted by Gasteiger charge is -2.08. The van der Waals surface area contributed by atoms with Crippen LogP contribution < -0.4 is 5.32 Å². The summed E-state index contributed by atoms with van der Waals surface area (Å²) in [4.78, 5) is 12.3. The summed E-state index contributed by atoms with van der Waals surface area (Å²) in [6, 6.07) is 14.5. The number of carbonyl (C=O) groups is 1. The van der Waals surface area contributed by atoms with Gasteiger partial charge in [0.2, 0.25) is 0 Å². The van der Waals surface area contributed by atoms with Gasteiger partial charge in [-0.25, -0.2) is 0 Å². The van der Waals surface area contributed by atoms with E-state index >= 15 is 0 Å². The lowest BCUT2D eigenvalue weighted by Crippen LogP contribution is -2.12. The number of nitrogens with one attached hydrogen (secondary N) is 2. The van der Waals surface area contributed by atoms with Crippen molar-refractivity contribution in [2.45, 2.75) is 5.33 Å². The Bertz CT molecular complexity index is 847. The molecule has 0 saturated heterocycles. The number of H-pyrrole nitrogens is 1. The molecule has 116 valence electrons. The first-order valence-electron chi connectivity index (χ1n) is 6.93. The molecule has 1 heterocycles. The highest BCUT2D eigenvalue weighted by Crippen LogP contribution is 2.26. The number of benzene rings is 2. The number of halogens is 2. The molecule has 0 radical (unpaired) electrons. The van der Waals surface area contributed by atoms with Gasteiger partial charge in [0.05, 0.1) is 22.5 Å². The number of rotatable bonds is 4. The standard InChI is InChI=1S/C17H13BrClN3O/c18-9-12-10-20-22-16(12)11-4-3-5-13(8-11)21-17(23)14-6-1-2-7-15(14)19/h1-8,10H,9H2,(H,20,22)(H,21,23). The molecule has 2 N–H and O–H groups in total. The molecule has 1 amide bonds. The molecule has 1 aromatic heterocycles. The summed E-state index contributed by atoms with van der Waals surface area (Å²) >= 11 is 9.50. The number of amides is 1. The molecule has 0 bridgehead atoms. The van der Waals surface area contributed by atoms with Crippen LogP contribution in [0.15, 0.2) is 54.7 Å². The molecule has 6 heteroatoms. The van der Waals surface area contributed by atoms with E-state index in [1.807, 2.05) is 24.3 Å². The Morgan fingerprint density at radius 1 is 1.22 bits per heavy atom. The predicted octanol–water partition coefficient (Wildman–Crippen LogP) is 4.88. The summed E-state index contributed by atoms with van der Waals surface area (Å²) in [6.07, 6.45) is 1.78. The number of alkyl halides is 1. The number of anilines is 1. The Morgan fingerprint density at radius 2 is 2.04 bits per heavy atom. The summed E-state index contributed by atoms with van der Waals surface area (Å²) in [5.74, 6) is -0.238. The summed E-state index contributed by atoms with van der Waals surface area (Å²) in [5.41, 5.74) is 4.08. The van der Waals surface area contributed by atoms with Crippen molar-refractivity contribution in [1.82, 2.24) is 10.2 Å². The molecule has 0 atom stereocenters. The van der Waals surface area contributed by atoms with Crippen LogP contribution in [0.2, 0.25) is 5.02 Å². The van der Waals surface area contributed by atoms with Gasteiger partial charge in [-0.05, 0) is 24.3 Å². The molecule has 0 aliphatic heterocycles. The second-order valence-electron chi connectivity index (χ2n) is 4.92. The maximum atomic E-state index is 12.3. The van der Waals surface area contributed by atoms with Gasteiger partial charge in [-0.1, -0.05) is 51.8 Å². The van der Waals surface area contributed by atoms with E-state index < -0.39 is 0 Å². The smallest absolute Gasteiger partial charge is 0.257 e. The molecule has 23 heavy (non-hydrogen) atoms. The SMILES string of the molecule is O=C(Nc1cccc(-c2[nH]ncc2CBr)c1)c1ccccc1Cl. The second-order valence-corrected chi connectivity index (χ2v) is 5.89. The fourth-order valence-electron chi connectivity index (χ4n) is 2.26. The Kier molecular flexibility index (Phi) is 4.79. The van der Waals surface area contributed by atoms with Crippen LogP contribution in [0.3, 0.4) is 0 Å². The Balaban J connectivity index is 1.86. The first-order valence-corrected chi connectivity index (χ1v) is 8.43. The molecule has 0 unspecified atom stereocenters. The number of nitrogens with zero attached hydrogens (tertiary/aromatic N) is 1.